The molecule has 1 rings (SSSR count). The highest BCUT2D eigenvalue weighted by molar-refractivity contribution is 5.97. The summed E-state index contributed by atoms with van der Waals surface area (Å²) in [6, 6.07) is -0.114. The van der Waals surface area contributed by atoms with E-state index in [9.17, 15) is 128 Å². The van der Waals surface area contributed by atoms with Crippen molar-refractivity contribution in [2.24, 2.45) is 4.99 Å². The van der Waals surface area contributed by atoms with E-state index >= 15 is 0 Å². The third-order valence-corrected chi connectivity index (χ3v) is 7.41. The number of alkyl halides is 27. The van der Waals surface area contributed by atoms with Gasteiger partial charge in [-0.2, -0.15) is 124 Å². The van der Waals surface area contributed by atoms with E-state index in [0.29, 0.717) is 0 Å². The Hall–Kier alpha value is -3.82. The van der Waals surface area contributed by atoms with Crippen LogP contribution in [-0.2, 0) is 4.79 Å². The van der Waals surface area contributed by atoms with Gasteiger partial charge in [0.15, 0.2) is 0 Å². The molecule has 4 nitrogen and oxygen atoms in total. The van der Waals surface area contributed by atoms with E-state index < -0.39 is 107 Å². The van der Waals surface area contributed by atoms with E-state index in [1.807, 2.05) is 0 Å². The molecule has 0 aliphatic heterocycles. The smallest absolute Gasteiger partial charge is 0.349 e. The minimum Gasteiger partial charge on any atom is -0.349 e. The van der Waals surface area contributed by atoms with Crippen LogP contribution in [-0.4, -0.2) is 95.3 Å². The van der Waals surface area contributed by atoms with Gasteiger partial charge >= 0.3 is 77.2 Å². The van der Waals surface area contributed by atoms with Crippen LogP contribution in [0.15, 0.2) is 23.2 Å². The standard InChI is InChI=1S/C25H13F27N2O2/c1-8(54-12(56)10-4-3-5-11(9(10)2)53-7-55)6-13(26,27)14(28,29)15(30,31)16(32,33)17(34,35)18(36,37)19(38,39)20(40,41)21(42,43)22(44,45)23(46,47)24(48,49)25(50,51)52/h3-5,8H,6H2,1-2H3,(H,54,56). The molecule has 0 aromatic heterocycles. The molecule has 0 spiro atoms. The summed E-state index contributed by atoms with van der Waals surface area (Å²) in [5.74, 6) is -112. The first-order valence-electron chi connectivity index (χ1n) is 13.3. The molecule has 1 aromatic rings. The van der Waals surface area contributed by atoms with Crippen LogP contribution in [0, 0.1) is 6.92 Å². The van der Waals surface area contributed by atoms with Crippen molar-refractivity contribution in [3.63, 3.8) is 0 Å². The predicted octanol–water partition coefficient (Wildman–Crippen LogP) is 10.7. The first-order chi connectivity index (χ1) is 24.2. The summed E-state index contributed by atoms with van der Waals surface area (Å²) in [5.41, 5.74) is -1.44. The third kappa shape index (κ3) is 6.74. The van der Waals surface area contributed by atoms with Crippen LogP contribution < -0.4 is 5.32 Å². The second-order valence-corrected chi connectivity index (χ2v) is 11.3. The number of hydrogen-bond acceptors (Lipinski definition) is 3. The van der Waals surface area contributed by atoms with Crippen molar-refractivity contribution in [1.82, 2.24) is 5.32 Å². The van der Waals surface area contributed by atoms with Crippen molar-refractivity contribution in [3.05, 3.63) is 29.3 Å². The second-order valence-electron chi connectivity index (χ2n) is 11.3. The van der Waals surface area contributed by atoms with Crippen molar-refractivity contribution in [3.8, 4) is 0 Å². The minimum atomic E-state index is -9.84. The van der Waals surface area contributed by atoms with Gasteiger partial charge in [0.2, 0.25) is 6.08 Å². The first kappa shape index (κ1) is 50.2. The second kappa shape index (κ2) is 13.9. The summed E-state index contributed by atoms with van der Waals surface area (Å²) in [6.07, 6.45) is -10.5. The minimum absolute atomic E-state index is 0.121. The Labute approximate surface area is 290 Å². The van der Waals surface area contributed by atoms with Crippen LogP contribution in [0.1, 0.15) is 29.3 Å². The van der Waals surface area contributed by atoms with Gasteiger partial charge in [-0.1, -0.05) is 6.07 Å². The fourth-order valence-electron chi connectivity index (χ4n) is 4.09. The molecule has 0 aliphatic rings. The van der Waals surface area contributed by atoms with Crippen molar-refractivity contribution < 1.29 is 128 Å². The Bertz CT molecular complexity index is 1670. The molecule has 0 bridgehead atoms. The van der Waals surface area contributed by atoms with Crippen LogP contribution in [0.2, 0.25) is 0 Å². The number of rotatable bonds is 16. The number of amides is 1. The maximum absolute atomic E-state index is 14.4. The zero-order chi connectivity index (χ0) is 45.3. The number of benzene rings is 1. The molecule has 0 heterocycles. The van der Waals surface area contributed by atoms with Gasteiger partial charge in [0.25, 0.3) is 5.91 Å². The Morgan fingerprint density at radius 1 is 0.554 bits per heavy atom. The fraction of sp³-hybridized carbons (Fsp3) is 0.680. The van der Waals surface area contributed by atoms with Crippen LogP contribution in [0.4, 0.5) is 124 Å². The zero-order valence-electron chi connectivity index (χ0n) is 26.0. The average Bonchev–Trinajstić information content (AvgIpc) is 3.00. The summed E-state index contributed by atoms with van der Waals surface area (Å²) in [7, 11) is 0. The summed E-state index contributed by atoms with van der Waals surface area (Å²) in [4.78, 5) is 25.8. The van der Waals surface area contributed by atoms with E-state index in [4.69, 9.17) is 0 Å². The molecule has 0 aliphatic carbocycles. The maximum atomic E-state index is 14.4. The van der Waals surface area contributed by atoms with Crippen LogP contribution in [0.25, 0.3) is 0 Å². The normalized spacial score (nSPS) is 16.0. The van der Waals surface area contributed by atoms with E-state index in [2.05, 4.69) is 4.99 Å². The SMILES string of the molecule is Cc1c(N=C=O)cccc1C(=O)NC(C)CC(F)(F)C(F)(F)C(F)(F)C(F)(F)C(F)(F)C(F)(F)C(F)(F)C(F)(F)C(F)(F)C(F)(F)C(F)(F)C(F)(F)C(F)(F)F. The number of isocyanates is 1. The van der Waals surface area contributed by atoms with Crippen LogP contribution in [0.3, 0.4) is 0 Å². The number of nitrogens with one attached hydrogen (secondary N) is 1. The van der Waals surface area contributed by atoms with Crippen molar-refractivity contribution >= 4 is 17.7 Å². The Kier molecular flexibility index (Phi) is 12.5. The third-order valence-electron chi connectivity index (χ3n) is 7.41. The topological polar surface area (TPSA) is 58.5 Å². The zero-order valence-corrected chi connectivity index (χ0v) is 26.0. The molecule has 0 radical (unpaired) electrons. The number of carbonyl (C=O) groups excluding carboxylic acids is 2. The molecule has 1 amide bonds. The van der Waals surface area contributed by atoms with E-state index in [0.717, 1.165) is 31.2 Å². The highest BCUT2D eigenvalue weighted by atomic mass is 19.4. The Morgan fingerprint density at radius 3 is 1.16 bits per heavy atom. The highest BCUT2D eigenvalue weighted by Gasteiger charge is 3.00. The van der Waals surface area contributed by atoms with Gasteiger partial charge in [0, 0.05) is 18.0 Å². The molecule has 0 saturated carbocycles. The van der Waals surface area contributed by atoms with Crippen LogP contribution in [0.5, 0.6) is 0 Å². The van der Waals surface area contributed by atoms with E-state index in [-0.39, 0.29) is 12.5 Å². The lowest BCUT2D eigenvalue weighted by Gasteiger charge is -2.46. The lowest BCUT2D eigenvalue weighted by molar-refractivity contribution is -0.485. The number of halogens is 27. The average molecular weight is 886 g/mol. The lowest BCUT2D eigenvalue weighted by atomic mass is 9.83. The molecular formula is C25H13F27N2O2. The Balaban J connectivity index is 3.75. The number of aliphatic imine (C=N–C) groups is 1. The van der Waals surface area contributed by atoms with Crippen molar-refractivity contribution in [2.45, 2.75) is 104 Å². The van der Waals surface area contributed by atoms with E-state index in [1.165, 1.54) is 5.32 Å². The summed E-state index contributed by atoms with van der Waals surface area (Å²) in [6.45, 7) is 1.08. The number of nitrogens with zero attached hydrogens (tertiary/aromatic N) is 1. The quantitative estimate of drug-likeness (QED) is 0.102. The Morgan fingerprint density at radius 2 is 0.857 bits per heavy atom. The molecule has 324 valence electrons. The van der Waals surface area contributed by atoms with Gasteiger partial charge in [-0.25, -0.2) is 4.79 Å². The lowest BCUT2D eigenvalue weighted by Crippen LogP contribution is -2.78. The number of hydrogen-bond donors (Lipinski definition) is 1. The molecule has 1 aromatic carbocycles. The molecule has 0 saturated heterocycles. The maximum Gasteiger partial charge on any atom is 0.460 e. The van der Waals surface area contributed by atoms with Gasteiger partial charge in [-0.05, 0) is 31.5 Å². The summed E-state index contributed by atoms with van der Waals surface area (Å²) >= 11 is 0. The molecule has 1 atom stereocenters. The predicted molar refractivity (Wildman–Crippen MR) is 126 cm³/mol. The summed E-state index contributed by atoms with van der Waals surface area (Å²) in [5, 5.41) is 1.30. The largest absolute Gasteiger partial charge is 0.460 e. The first-order valence-corrected chi connectivity index (χ1v) is 13.3. The van der Waals surface area contributed by atoms with Gasteiger partial charge < -0.3 is 5.32 Å². The van der Waals surface area contributed by atoms with Crippen molar-refractivity contribution in [2.75, 3.05) is 0 Å². The molecular weight excluding hydrogens is 873 g/mol. The van der Waals surface area contributed by atoms with Crippen LogP contribution >= 0.6 is 0 Å². The highest BCUT2D eigenvalue weighted by Crippen LogP contribution is 2.68. The van der Waals surface area contributed by atoms with Gasteiger partial charge in [0.05, 0.1) is 5.69 Å². The van der Waals surface area contributed by atoms with Crippen molar-refractivity contribution in [1.29, 1.82) is 0 Å². The molecule has 56 heavy (non-hydrogen) atoms. The molecule has 0 fully saturated rings. The summed E-state index contributed by atoms with van der Waals surface area (Å²) < 4.78 is 370. The molecule has 31 heteroatoms. The van der Waals surface area contributed by atoms with E-state index in [1.54, 1.807) is 0 Å². The van der Waals surface area contributed by atoms with Gasteiger partial charge in [-0.3, -0.25) is 4.79 Å². The van der Waals surface area contributed by atoms with Gasteiger partial charge in [-0.15, -0.1) is 0 Å². The monoisotopic (exact) mass is 886 g/mol. The fourth-order valence-corrected chi connectivity index (χ4v) is 4.09. The van der Waals surface area contributed by atoms with Gasteiger partial charge in [0.1, 0.15) is 0 Å². The molecule has 1 unspecified atom stereocenters. The molecule has 1 N–H and O–H groups in total. The number of carbonyl (C=O) groups is 1.